The van der Waals surface area contributed by atoms with Gasteiger partial charge in [-0.15, -0.1) is 0 Å². The molecule has 0 aliphatic carbocycles. The highest BCUT2D eigenvalue weighted by atomic mass is 16.7. The minimum atomic E-state index is -0.0114. The van der Waals surface area contributed by atoms with E-state index in [1.807, 2.05) is 24.3 Å². The van der Waals surface area contributed by atoms with Gasteiger partial charge in [-0.3, -0.25) is 0 Å². The van der Waals surface area contributed by atoms with Crippen molar-refractivity contribution >= 4 is 21.5 Å². The van der Waals surface area contributed by atoms with Crippen LogP contribution in [-0.4, -0.2) is 26.1 Å². The van der Waals surface area contributed by atoms with E-state index in [1.54, 1.807) is 6.07 Å². The Bertz CT molecular complexity index is 901. The van der Waals surface area contributed by atoms with Crippen molar-refractivity contribution in [3.63, 3.8) is 0 Å². The smallest absolute Gasteiger partial charge is 0.231 e. The molecule has 0 amide bonds. The van der Waals surface area contributed by atoms with Crippen molar-refractivity contribution in [3.05, 3.63) is 30.3 Å². The quantitative estimate of drug-likeness (QED) is 0.734. The summed E-state index contributed by atoms with van der Waals surface area (Å²) < 4.78 is 21.6. The van der Waals surface area contributed by atoms with Crippen molar-refractivity contribution in [1.29, 1.82) is 0 Å². The fourth-order valence-corrected chi connectivity index (χ4v) is 2.96. The first kappa shape index (κ1) is 12.9. The van der Waals surface area contributed by atoms with E-state index in [4.69, 9.17) is 18.9 Å². The number of phenolic OH excluding ortho intramolecular Hbond substituents is 1. The fourth-order valence-electron chi connectivity index (χ4n) is 2.96. The molecule has 1 aliphatic rings. The molecule has 0 saturated carbocycles. The van der Waals surface area contributed by atoms with Crippen molar-refractivity contribution in [3.8, 4) is 28.7 Å². The predicted molar refractivity (Wildman–Crippen MR) is 82.3 cm³/mol. The van der Waals surface area contributed by atoms with E-state index in [-0.39, 0.29) is 12.5 Å². The van der Waals surface area contributed by atoms with E-state index in [9.17, 15) is 5.11 Å². The van der Waals surface area contributed by atoms with Crippen molar-refractivity contribution in [2.24, 2.45) is 0 Å². The molecular formula is C17H14O5. The van der Waals surface area contributed by atoms with Gasteiger partial charge in [0.25, 0.3) is 0 Å². The highest BCUT2D eigenvalue weighted by Crippen LogP contribution is 2.48. The molecule has 0 spiro atoms. The summed E-state index contributed by atoms with van der Waals surface area (Å²) in [6.07, 6.45) is 0. The van der Waals surface area contributed by atoms with Gasteiger partial charge in [0.05, 0.1) is 14.2 Å². The maximum atomic E-state index is 10.3. The summed E-state index contributed by atoms with van der Waals surface area (Å²) in [5.41, 5.74) is 0. The van der Waals surface area contributed by atoms with Crippen LogP contribution in [0.2, 0.25) is 0 Å². The molecule has 4 rings (SSSR count). The van der Waals surface area contributed by atoms with E-state index in [1.165, 1.54) is 14.2 Å². The van der Waals surface area contributed by atoms with Gasteiger partial charge in [-0.05, 0) is 35.0 Å². The third kappa shape index (κ3) is 1.59. The Kier molecular flexibility index (Phi) is 2.69. The molecule has 112 valence electrons. The summed E-state index contributed by atoms with van der Waals surface area (Å²) in [6.45, 7) is 0.220. The zero-order chi connectivity index (χ0) is 15.3. The maximum absolute atomic E-state index is 10.3. The van der Waals surface area contributed by atoms with Gasteiger partial charge in [0, 0.05) is 10.8 Å². The number of hydrogen-bond donors (Lipinski definition) is 1. The molecule has 0 saturated heterocycles. The predicted octanol–water partition coefficient (Wildman–Crippen LogP) is 3.44. The van der Waals surface area contributed by atoms with Crippen LogP contribution in [0.15, 0.2) is 30.3 Å². The third-order valence-electron chi connectivity index (χ3n) is 3.95. The van der Waals surface area contributed by atoms with E-state index >= 15 is 0 Å². The lowest BCUT2D eigenvalue weighted by Crippen LogP contribution is -1.93. The molecule has 0 bridgehead atoms. The van der Waals surface area contributed by atoms with E-state index < -0.39 is 0 Å². The number of aromatic hydroxyl groups is 1. The fraction of sp³-hybridized carbons (Fsp3) is 0.176. The number of benzene rings is 3. The Hall–Kier alpha value is -2.82. The van der Waals surface area contributed by atoms with Gasteiger partial charge in [-0.1, -0.05) is 6.07 Å². The van der Waals surface area contributed by atoms with Crippen LogP contribution in [0.4, 0.5) is 0 Å². The average molecular weight is 298 g/mol. The second-order valence-corrected chi connectivity index (χ2v) is 5.02. The Morgan fingerprint density at radius 1 is 1.00 bits per heavy atom. The summed E-state index contributed by atoms with van der Waals surface area (Å²) in [4.78, 5) is 0. The van der Waals surface area contributed by atoms with Gasteiger partial charge in [0.2, 0.25) is 12.5 Å². The van der Waals surface area contributed by atoms with Crippen molar-refractivity contribution in [2.75, 3.05) is 21.0 Å². The molecule has 1 aliphatic heterocycles. The SMILES string of the molecule is COc1cc2ccc3c4c(ccc3c2c(OC)c1O)OCO4. The molecule has 0 radical (unpaired) electrons. The monoisotopic (exact) mass is 298 g/mol. The molecule has 3 aromatic rings. The van der Waals surface area contributed by atoms with Gasteiger partial charge in [0.1, 0.15) is 0 Å². The van der Waals surface area contributed by atoms with Crippen LogP contribution in [0, 0.1) is 0 Å². The molecular weight excluding hydrogens is 284 g/mol. The number of rotatable bonds is 2. The molecule has 0 atom stereocenters. The van der Waals surface area contributed by atoms with E-state index in [0.29, 0.717) is 11.5 Å². The van der Waals surface area contributed by atoms with Crippen LogP contribution in [0.25, 0.3) is 21.5 Å². The average Bonchev–Trinajstić information content (AvgIpc) is 3.02. The minimum absolute atomic E-state index is 0.0114. The molecule has 1 N–H and O–H groups in total. The highest BCUT2D eigenvalue weighted by molar-refractivity contribution is 6.14. The van der Waals surface area contributed by atoms with Crippen LogP contribution >= 0.6 is 0 Å². The Morgan fingerprint density at radius 2 is 1.82 bits per heavy atom. The normalized spacial score (nSPS) is 12.8. The second kappa shape index (κ2) is 4.59. The molecule has 1 heterocycles. The number of phenols is 1. The Morgan fingerprint density at radius 3 is 2.59 bits per heavy atom. The lowest BCUT2D eigenvalue weighted by Gasteiger charge is -2.14. The second-order valence-electron chi connectivity index (χ2n) is 5.02. The topological polar surface area (TPSA) is 57.2 Å². The number of methoxy groups -OCH3 is 2. The van der Waals surface area contributed by atoms with Crippen LogP contribution in [0.5, 0.6) is 28.7 Å². The first-order valence-electron chi connectivity index (χ1n) is 6.83. The minimum Gasteiger partial charge on any atom is -0.502 e. The molecule has 22 heavy (non-hydrogen) atoms. The molecule has 5 heteroatoms. The molecule has 0 aromatic heterocycles. The van der Waals surface area contributed by atoms with Gasteiger partial charge in [0.15, 0.2) is 23.0 Å². The lowest BCUT2D eigenvalue weighted by atomic mass is 9.99. The summed E-state index contributed by atoms with van der Waals surface area (Å²) in [5.74, 6) is 2.20. The zero-order valence-corrected chi connectivity index (χ0v) is 12.2. The lowest BCUT2D eigenvalue weighted by molar-refractivity contribution is 0.175. The summed E-state index contributed by atoms with van der Waals surface area (Å²) in [5, 5.41) is 13.9. The van der Waals surface area contributed by atoms with Gasteiger partial charge in [-0.25, -0.2) is 0 Å². The summed E-state index contributed by atoms with van der Waals surface area (Å²) in [7, 11) is 3.04. The summed E-state index contributed by atoms with van der Waals surface area (Å²) >= 11 is 0. The van der Waals surface area contributed by atoms with Crippen LogP contribution in [-0.2, 0) is 0 Å². The van der Waals surface area contributed by atoms with Gasteiger partial charge in [-0.2, -0.15) is 0 Å². The molecule has 3 aromatic carbocycles. The standard InChI is InChI=1S/C17H14O5/c1-19-13-7-9-3-4-11-10(14(9)17(20-2)15(13)18)5-6-12-16(11)22-8-21-12/h3-7,18H,8H2,1-2H3. The van der Waals surface area contributed by atoms with Gasteiger partial charge >= 0.3 is 0 Å². The number of hydrogen-bond acceptors (Lipinski definition) is 5. The van der Waals surface area contributed by atoms with Crippen LogP contribution < -0.4 is 18.9 Å². The molecule has 0 unspecified atom stereocenters. The number of ether oxygens (including phenoxy) is 4. The first-order chi connectivity index (χ1) is 10.7. The highest BCUT2D eigenvalue weighted by Gasteiger charge is 2.21. The van der Waals surface area contributed by atoms with Gasteiger partial charge < -0.3 is 24.1 Å². The number of fused-ring (bicyclic) bond motifs is 5. The first-order valence-corrected chi connectivity index (χ1v) is 6.83. The largest absolute Gasteiger partial charge is 0.502 e. The molecule has 0 fully saturated rings. The van der Waals surface area contributed by atoms with E-state index in [2.05, 4.69) is 0 Å². The third-order valence-corrected chi connectivity index (χ3v) is 3.95. The maximum Gasteiger partial charge on any atom is 0.231 e. The van der Waals surface area contributed by atoms with Crippen LogP contribution in [0.3, 0.4) is 0 Å². The van der Waals surface area contributed by atoms with Crippen LogP contribution in [0.1, 0.15) is 0 Å². The van der Waals surface area contributed by atoms with Crippen molar-refractivity contribution in [2.45, 2.75) is 0 Å². The Balaban J connectivity index is 2.18. The van der Waals surface area contributed by atoms with E-state index in [0.717, 1.165) is 33.0 Å². The molecule has 5 nitrogen and oxygen atoms in total. The Labute approximate surface area is 126 Å². The zero-order valence-electron chi connectivity index (χ0n) is 12.2. The van der Waals surface area contributed by atoms with Crippen molar-refractivity contribution in [1.82, 2.24) is 0 Å². The van der Waals surface area contributed by atoms with Crippen molar-refractivity contribution < 1.29 is 24.1 Å². The summed E-state index contributed by atoms with van der Waals surface area (Å²) in [6, 6.07) is 9.52.